The first-order valence-electron chi connectivity index (χ1n) is 5.66. The topological polar surface area (TPSA) is 55.0 Å². The summed E-state index contributed by atoms with van der Waals surface area (Å²) in [4.78, 5) is 10.6. The van der Waals surface area contributed by atoms with Crippen LogP contribution in [0.25, 0.3) is 0 Å². The molecule has 0 unspecified atom stereocenters. The molecule has 0 spiro atoms. The standard InChI is InChI=1S/C11H17BrN4S/c1-17-11(7-13)2-4-16(5-3-11)10-9(12)6-14-8-15-10/h6,8H,2-5,7,13H2,1H3. The maximum absolute atomic E-state index is 5.89. The Bertz CT molecular complexity index is 373. The van der Waals surface area contributed by atoms with Crippen LogP contribution in [0.4, 0.5) is 5.82 Å². The van der Waals surface area contributed by atoms with Gasteiger partial charge in [-0.2, -0.15) is 11.8 Å². The van der Waals surface area contributed by atoms with Gasteiger partial charge < -0.3 is 10.6 Å². The quantitative estimate of drug-likeness (QED) is 0.923. The highest BCUT2D eigenvalue weighted by Crippen LogP contribution is 2.35. The number of halogens is 1. The molecule has 0 saturated carbocycles. The molecular formula is C11H17BrN4S. The van der Waals surface area contributed by atoms with Crippen molar-refractivity contribution in [3.63, 3.8) is 0 Å². The van der Waals surface area contributed by atoms with Crippen molar-refractivity contribution in [2.75, 3.05) is 30.8 Å². The van der Waals surface area contributed by atoms with E-state index in [0.29, 0.717) is 0 Å². The van der Waals surface area contributed by atoms with E-state index < -0.39 is 0 Å². The molecule has 6 heteroatoms. The zero-order chi connectivity index (χ0) is 12.3. The van der Waals surface area contributed by atoms with Crippen molar-refractivity contribution in [1.82, 2.24) is 9.97 Å². The van der Waals surface area contributed by atoms with Gasteiger partial charge >= 0.3 is 0 Å². The van der Waals surface area contributed by atoms with Crippen LogP contribution in [-0.4, -0.2) is 40.6 Å². The third kappa shape index (κ3) is 2.74. The fourth-order valence-corrected chi connectivity index (χ4v) is 3.39. The van der Waals surface area contributed by atoms with E-state index in [0.717, 1.165) is 42.8 Å². The van der Waals surface area contributed by atoms with Crippen molar-refractivity contribution in [3.05, 3.63) is 17.0 Å². The van der Waals surface area contributed by atoms with Crippen LogP contribution in [0.15, 0.2) is 17.0 Å². The second-order valence-electron chi connectivity index (χ2n) is 4.27. The molecule has 1 aromatic rings. The van der Waals surface area contributed by atoms with E-state index in [2.05, 4.69) is 37.1 Å². The molecule has 94 valence electrons. The molecule has 1 aromatic heterocycles. The van der Waals surface area contributed by atoms with Crippen molar-refractivity contribution in [2.45, 2.75) is 17.6 Å². The Kier molecular flexibility index (Phi) is 4.27. The highest BCUT2D eigenvalue weighted by Gasteiger charge is 2.33. The minimum atomic E-state index is 0.260. The van der Waals surface area contributed by atoms with E-state index in [1.54, 1.807) is 12.5 Å². The zero-order valence-corrected chi connectivity index (χ0v) is 12.3. The third-order valence-electron chi connectivity index (χ3n) is 3.43. The lowest BCUT2D eigenvalue weighted by molar-refractivity contribution is 0.454. The summed E-state index contributed by atoms with van der Waals surface area (Å²) in [6.45, 7) is 2.77. The van der Waals surface area contributed by atoms with Gasteiger partial charge in [-0.15, -0.1) is 0 Å². The average molecular weight is 317 g/mol. The van der Waals surface area contributed by atoms with Crippen LogP contribution >= 0.6 is 27.7 Å². The highest BCUT2D eigenvalue weighted by molar-refractivity contribution is 9.10. The number of hydrogen-bond acceptors (Lipinski definition) is 5. The lowest BCUT2D eigenvalue weighted by Crippen LogP contribution is -2.46. The van der Waals surface area contributed by atoms with E-state index in [4.69, 9.17) is 5.73 Å². The first-order valence-corrected chi connectivity index (χ1v) is 7.68. The molecule has 1 saturated heterocycles. The molecule has 2 N–H and O–H groups in total. The van der Waals surface area contributed by atoms with Crippen molar-refractivity contribution >= 4 is 33.5 Å². The Morgan fingerprint density at radius 3 is 2.76 bits per heavy atom. The predicted molar refractivity (Wildman–Crippen MR) is 76.5 cm³/mol. The molecule has 0 atom stereocenters. The Hall–Kier alpha value is -0.330. The van der Waals surface area contributed by atoms with Crippen LogP contribution < -0.4 is 10.6 Å². The number of rotatable bonds is 3. The Morgan fingerprint density at radius 2 is 2.24 bits per heavy atom. The number of thioether (sulfide) groups is 1. The van der Waals surface area contributed by atoms with Crippen molar-refractivity contribution in [1.29, 1.82) is 0 Å². The molecule has 0 amide bonds. The minimum absolute atomic E-state index is 0.260. The SMILES string of the molecule is CSC1(CN)CCN(c2ncncc2Br)CC1. The van der Waals surface area contributed by atoms with Crippen LogP contribution in [0, 0.1) is 0 Å². The van der Waals surface area contributed by atoms with Gasteiger partial charge in [-0.25, -0.2) is 9.97 Å². The first-order chi connectivity index (χ1) is 8.21. The number of anilines is 1. The predicted octanol–water partition coefficient (Wildman–Crippen LogP) is 1.90. The van der Waals surface area contributed by atoms with Crippen LogP contribution in [0.5, 0.6) is 0 Å². The van der Waals surface area contributed by atoms with Crippen LogP contribution in [-0.2, 0) is 0 Å². The molecule has 0 aliphatic carbocycles. The Labute approximate surface area is 115 Å². The molecule has 4 nitrogen and oxygen atoms in total. The van der Waals surface area contributed by atoms with Crippen molar-refractivity contribution in [2.24, 2.45) is 5.73 Å². The second kappa shape index (κ2) is 5.54. The Balaban J connectivity index is 2.07. The summed E-state index contributed by atoms with van der Waals surface area (Å²) in [5, 5.41) is 0. The monoisotopic (exact) mass is 316 g/mol. The van der Waals surface area contributed by atoms with Crippen molar-refractivity contribution in [3.8, 4) is 0 Å². The van der Waals surface area contributed by atoms with Gasteiger partial charge in [0, 0.05) is 30.6 Å². The lowest BCUT2D eigenvalue weighted by Gasteiger charge is -2.40. The first kappa shape index (κ1) is 13.1. The minimum Gasteiger partial charge on any atom is -0.355 e. The molecule has 1 fully saturated rings. The molecule has 0 radical (unpaired) electrons. The highest BCUT2D eigenvalue weighted by atomic mass is 79.9. The largest absolute Gasteiger partial charge is 0.355 e. The summed E-state index contributed by atoms with van der Waals surface area (Å²) in [6, 6.07) is 0. The van der Waals surface area contributed by atoms with Gasteiger partial charge in [0.2, 0.25) is 0 Å². The normalized spacial score (nSPS) is 19.4. The zero-order valence-electron chi connectivity index (χ0n) is 9.90. The number of hydrogen-bond donors (Lipinski definition) is 1. The van der Waals surface area contributed by atoms with Crippen LogP contribution in [0.2, 0.25) is 0 Å². The summed E-state index contributed by atoms with van der Waals surface area (Å²) in [5.41, 5.74) is 5.89. The van der Waals surface area contributed by atoms with Gasteiger partial charge in [0.15, 0.2) is 0 Å². The van der Waals surface area contributed by atoms with E-state index >= 15 is 0 Å². The summed E-state index contributed by atoms with van der Waals surface area (Å²) in [7, 11) is 0. The van der Waals surface area contributed by atoms with E-state index in [-0.39, 0.29) is 4.75 Å². The summed E-state index contributed by atoms with van der Waals surface area (Å²) >= 11 is 5.40. The van der Waals surface area contributed by atoms with Gasteiger partial charge in [0.1, 0.15) is 12.1 Å². The molecule has 1 aliphatic heterocycles. The van der Waals surface area contributed by atoms with E-state index in [1.165, 1.54) is 0 Å². The summed E-state index contributed by atoms with van der Waals surface area (Å²) in [5.74, 6) is 0.992. The van der Waals surface area contributed by atoms with E-state index in [1.807, 2.05) is 11.8 Å². The molecule has 2 heterocycles. The fraction of sp³-hybridized carbons (Fsp3) is 0.636. The average Bonchev–Trinajstić information content (AvgIpc) is 2.40. The number of piperidine rings is 1. The van der Waals surface area contributed by atoms with Gasteiger partial charge in [-0.1, -0.05) is 0 Å². The number of nitrogens with zero attached hydrogens (tertiary/aromatic N) is 3. The molecule has 0 bridgehead atoms. The van der Waals surface area contributed by atoms with Gasteiger partial charge in [-0.3, -0.25) is 0 Å². The van der Waals surface area contributed by atoms with Crippen LogP contribution in [0.3, 0.4) is 0 Å². The second-order valence-corrected chi connectivity index (χ2v) is 6.40. The van der Waals surface area contributed by atoms with Gasteiger partial charge in [-0.05, 0) is 35.0 Å². The fourth-order valence-electron chi connectivity index (χ4n) is 2.16. The molecule has 0 aromatic carbocycles. The van der Waals surface area contributed by atoms with Gasteiger partial charge in [0.05, 0.1) is 4.47 Å². The van der Waals surface area contributed by atoms with Crippen molar-refractivity contribution < 1.29 is 0 Å². The van der Waals surface area contributed by atoms with Crippen LogP contribution in [0.1, 0.15) is 12.8 Å². The number of nitrogens with two attached hydrogens (primary N) is 1. The maximum Gasteiger partial charge on any atom is 0.146 e. The summed E-state index contributed by atoms with van der Waals surface area (Å²) in [6.07, 6.45) is 7.77. The molecule has 1 aliphatic rings. The maximum atomic E-state index is 5.89. The number of aromatic nitrogens is 2. The smallest absolute Gasteiger partial charge is 0.146 e. The molecular weight excluding hydrogens is 300 g/mol. The lowest BCUT2D eigenvalue weighted by atomic mass is 9.96. The summed E-state index contributed by atoms with van der Waals surface area (Å²) < 4.78 is 1.22. The van der Waals surface area contributed by atoms with Gasteiger partial charge in [0.25, 0.3) is 0 Å². The molecule has 2 rings (SSSR count). The van der Waals surface area contributed by atoms with E-state index in [9.17, 15) is 0 Å². The third-order valence-corrected chi connectivity index (χ3v) is 5.43. The molecule has 17 heavy (non-hydrogen) atoms. The Morgan fingerprint density at radius 1 is 1.53 bits per heavy atom.